The van der Waals surface area contributed by atoms with Crippen LogP contribution in [0.1, 0.15) is 45.7 Å². The molecule has 0 aromatic heterocycles. The molecular weight excluding hydrogens is 272 g/mol. The summed E-state index contributed by atoms with van der Waals surface area (Å²) in [5, 5.41) is 0. The van der Waals surface area contributed by atoms with E-state index in [2.05, 4.69) is 0 Å². The molecule has 0 spiro atoms. The predicted molar refractivity (Wildman–Crippen MR) is 84.3 cm³/mol. The largest absolute Gasteiger partial charge is 0.398 e. The first-order valence-corrected chi connectivity index (χ1v) is 8.66. The molecule has 0 saturated heterocycles. The molecule has 0 fully saturated rings. The zero-order chi connectivity index (χ0) is 15.5. The number of sulfonamides is 1. The fourth-order valence-electron chi connectivity index (χ4n) is 2.48. The molecule has 114 valence electrons. The Balaban J connectivity index is 3.54. The second-order valence-electron chi connectivity index (χ2n) is 5.17. The van der Waals surface area contributed by atoms with Gasteiger partial charge in [-0.2, -0.15) is 4.31 Å². The monoisotopic (exact) mass is 298 g/mol. The van der Waals surface area contributed by atoms with Crippen molar-refractivity contribution in [2.45, 2.75) is 58.4 Å². The third-order valence-corrected chi connectivity index (χ3v) is 5.76. The number of aryl methyl sites for hydroxylation is 1. The van der Waals surface area contributed by atoms with Gasteiger partial charge in [-0.1, -0.05) is 20.8 Å². The Morgan fingerprint density at radius 2 is 1.75 bits per heavy atom. The van der Waals surface area contributed by atoms with Gasteiger partial charge in [0.05, 0.1) is 4.90 Å². The normalized spacial score (nSPS) is 12.3. The summed E-state index contributed by atoms with van der Waals surface area (Å²) < 4.78 is 27.3. The molecule has 0 aliphatic heterocycles. The predicted octanol–water partition coefficient (Wildman–Crippen LogP) is 2.81. The lowest BCUT2D eigenvalue weighted by Gasteiger charge is -2.26. The van der Waals surface area contributed by atoms with Crippen molar-refractivity contribution in [2.75, 3.05) is 12.3 Å². The first kappa shape index (κ1) is 17.0. The standard InChI is InChI=1S/C15H26N2O2S/c1-6-12-9-14(16)13(7-2)15(10-12)20(18,19)17(8-3)11(4)5/h9-11H,6-8,16H2,1-5H3. The molecule has 0 aliphatic carbocycles. The smallest absolute Gasteiger partial charge is 0.243 e. The van der Waals surface area contributed by atoms with E-state index in [0.29, 0.717) is 23.5 Å². The minimum Gasteiger partial charge on any atom is -0.398 e. The van der Waals surface area contributed by atoms with Crippen molar-refractivity contribution in [3.8, 4) is 0 Å². The number of nitrogen functional groups attached to an aromatic ring is 1. The van der Waals surface area contributed by atoms with Crippen molar-refractivity contribution in [2.24, 2.45) is 0 Å². The Morgan fingerprint density at radius 1 is 1.15 bits per heavy atom. The lowest BCUT2D eigenvalue weighted by molar-refractivity contribution is 0.369. The Morgan fingerprint density at radius 3 is 2.15 bits per heavy atom. The molecule has 0 aliphatic rings. The third-order valence-electron chi connectivity index (χ3n) is 3.54. The quantitative estimate of drug-likeness (QED) is 0.821. The Bertz CT molecular complexity index is 565. The van der Waals surface area contributed by atoms with Gasteiger partial charge in [0.2, 0.25) is 10.0 Å². The third kappa shape index (κ3) is 3.15. The van der Waals surface area contributed by atoms with E-state index < -0.39 is 10.0 Å². The SMILES string of the molecule is CCc1cc(N)c(CC)c(S(=O)(=O)N(CC)C(C)C)c1. The fraction of sp³-hybridized carbons (Fsp3) is 0.600. The van der Waals surface area contributed by atoms with Crippen LogP contribution in [0.2, 0.25) is 0 Å². The van der Waals surface area contributed by atoms with Gasteiger partial charge in [-0.15, -0.1) is 0 Å². The first-order chi connectivity index (χ1) is 9.29. The second kappa shape index (κ2) is 6.59. The summed E-state index contributed by atoms with van der Waals surface area (Å²) in [4.78, 5) is 0.368. The van der Waals surface area contributed by atoms with Crippen LogP contribution in [0.3, 0.4) is 0 Å². The van der Waals surface area contributed by atoms with Crippen LogP contribution in [0.4, 0.5) is 5.69 Å². The summed E-state index contributed by atoms with van der Waals surface area (Å²) in [6.45, 7) is 10.0. The summed E-state index contributed by atoms with van der Waals surface area (Å²) in [7, 11) is -3.49. The van der Waals surface area contributed by atoms with Crippen LogP contribution in [-0.2, 0) is 22.9 Å². The van der Waals surface area contributed by atoms with E-state index >= 15 is 0 Å². The highest BCUT2D eigenvalue weighted by atomic mass is 32.2. The topological polar surface area (TPSA) is 63.4 Å². The molecule has 0 atom stereocenters. The number of anilines is 1. The average Bonchev–Trinajstić information content (AvgIpc) is 2.37. The molecule has 2 N–H and O–H groups in total. The van der Waals surface area contributed by atoms with Crippen molar-refractivity contribution >= 4 is 15.7 Å². The minimum absolute atomic E-state index is 0.0683. The molecule has 0 heterocycles. The Hall–Kier alpha value is -1.07. The van der Waals surface area contributed by atoms with Crippen LogP contribution in [-0.4, -0.2) is 25.3 Å². The van der Waals surface area contributed by atoms with Gasteiger partial charge < -0.3 is 5.73 Å². The summed E-state index contributed by atoms with van der Waals surface area (Å²) in [5.41, 5.74) is 8.29. The minimum atomic E-state index is -3.49. The van der Waals surface area contributed by atoms with Crippen LogP contribution in [0.15, 0.2) is 17.0 Å². The zero-order valence-electron chi connectivity index (χ0n) is 13.1. The van der Waals surface area contributed by atoms with E-state index in [4.69, 9.17) is 5.73 Å². The molecule has 0 saturated carbocycles. The van der Waals surface area contributed by atoms with Gasteiger partial charge in [0.15, 0.2) is 0 Å². The average molecular weight is 298 g/mol. The molecule has 1 aromatic carbocycles. The van der Waals surface area contributed by atoms with Crippen molar-refractivity contribution in [3.63, 3.8) is 0 Å². The van der Waals surface area contributed by atoms with Gasteiger partial charge in [0.25, 0.3) is 0 Å². The van der Waals surface area contributed by atoms with E-state index in [0.717, 1.165) is 17.5 Å². The molecule has 1 rings (SSSR count). The number of benzene rings is 1. The van der Waals surface area contributed by atoms with Crippen LogP contribution in [0.25, 0.3) is 0 Å². The summed E-state index contributed by atoms with van der Waals surface area (Å²) >= 11 is 0. The maximum absolute atomic E-state index is 12.9. The number of nitrogens with zero attached hydrogens (tertiary/aromatic N) is 1. The summed E-state index contributed by atoms with van der Waals surface area (Å²) in [6.07, 6.45) is 1.38. The van der Waals surface area contributed by atoms with Crippen molar-refractivity contribution in [1.82, 2.24) is 4.31 Å². The number of hydrogen-bond donors (Lipinski definition) is 1. The highest BCUT2D eigenvalue weighted by Gasteiger charge is 2.28. The highest BCUT2D eigenvalue weighted by Crippen LogP contribution is 2.28. The molecular formula is C15H26N2O2S. The zero-order valence-corrected chi connectivity index (χ0v) is 13.9. The maximum atomic E-state index is 12.9. The van der Waals surface area contributed by atoms with E-state index in [9.17, 15) is 8.42 Å². The molecule has 5 heteroatoms. The molecule has 20 heavy (non-hydrogen) atoms. The van der Waals surface area contributed by atoms with Gasteiger partial charge in [0, 0.05) is 18.3 Å². The molecule has 1 aromatic rings. The van der Waals surface area contributed by atoms with Crippen LogP contribution < -0.4 is 5.73 Å². The highest BCUT2D eigenvalue weighted by molar-refractivity contribution is 7.89. The van der Waals surface area contributed by atoms with Crippen molar-refractivity contribution in [1.29, 1.82) is 0 Å². The Kier molecular flexibility index (Phi) is 5.59. The second-order valence-corrected chi connectivity index (χ2v) is 7.03. The van der Waals surface area contributed by atoms with Crippen LogP contribution in [0.5, 0.6) is 0 Å². The maximum Gasteiger partial charge on any atom is 0.243 e. The molecule has 4 nitrogen and oxygen atoms in total. The van der Waals surface area contributed by atoms with Gasteiger partial charge in [-0.3, -0.25) is 0 Å². The number of rotatable bonds is 6. The molecule has 0 unspecified atom stereocenters. The molecule has 0 amide bonds. The van der Waals surface area contributed by atoms with Gasteiger partial charge >= 0.3 is 0 Å². The van der Waals surface area contributed by atoms with Crippen LogP contribution >= 0.6 is 0 Å². The van der Waals surface area contributed by atoms with E-state index in [1.54, 1.807) is 6.07 Å². The van der Waals surface area contributed by atoms with Gasteiger partial charge in [-0.05, 0) is 49.9 Å². The van der Waals surface area contributed by atoms with Crippen LogP contribution in [0, 0.1) is 0 Å². The van der Waals surface area contributed by atoms with Gasteiger partial charge in [0.1, 0.15) is 0 Å². The van der Waals surface area contributed by atoms with E-state index in [1.807, 2.05) is 40.7 Å². The van der Waals surface area contributed by atoms with E-state index in [1.165, 1.54) is 4.31 Å². The molecule has 0 bridgehead atoms. The van der Waals surface area contributed by atoms with Gasteiger partial charge in [-0.25, -0.2) is 8.42 Å². The van der Waals surface area contributed by atoms with Crippen molar-refractivity contribution < 1.29 is 8.42 Å². The Labute approximate surface area is 123 Å². The number of hydrogen-bond acceptors (Lipinski definition) is 3. The summed E-state index contributed by atoms with van der Waals surface area (Å²) in [5.74, 6) is 0. The van der Waals surface area contributed by atoms with E-state index in [-0.39, 0.29) is 6.04 Å². The fourth-order valence-corrected chi connectivity index (χ4v) is 4.50. The number of nitrogens with two attached hydrogens (primary N) is 1. The first-order valence-electron chi connectivity index (χ1n) is 7.22. The lowest BCUT2D eigenvalue weighted by Crippen LogP contribution is -2.37. The summed E-state index contributed by atoms with van der Waals surface area (Å²) in [6, 6.07) is 3.58. The van der Waals surface area contributed by atoms with Crippen molar-refractivity contribution in [3.05, 3.63) is 23.3 Å². The molecule has 0 radical (unpaired) electrons. The lowest BCUT2D eigenvalue weighted by atomic mass is 10.1.